The van der Waals surface area contributed by atoms with Gasteiger partial charge in [-0.25, -0.2) is 8.42 Å². The molecule has 1 aliphatic rings. The van der Waals surface area contributed by atoms with Crippen LogP contribution in [-0.4, -0.2) is 38.4 Å². The van der Waals surface area contributed by atoms with Crippen molar-refractivity contribution in [3.05, 3.63) is 59.1 Å². The van der Waals surface area contributed by atoms with E-state index in [-0.39, 0.29) is 17.3 Å². The fourth-order valence-corrected chi connectivity index (χ4v) is 6.43. The highest BCUT2D eigenvalue weighted by atomic mass is 35.5. The summed E-state index contributed by atoms with van der Waals surface area (Å²) in [5, 5.41) is 4.00. The van der Waals surface area contributed by atoms with Gasteiger partial charge >= 0.3 is 0 Å². The second kappa shape index (κ2) is 10.6. The van der Waals surface area contributed by atoms with Gasteiger partial charge in [-0.05, 0) is 49.6 Å². The first-order valence-electron chi connectivity index (χ1n) is 10.1. The molecule has 8 heteroatoms. The number of carbonyl (C=O) groups is 1. The molecule has 1 fully saturated rings. The maximum atomic E-state index is 13.3. The zero-order chi connectivity index (χ0) is 21.6. The van der Waals surface area contributed by atoms with Crippen LogP contribution in [0.3, 0.4) is 0 Å². The molecular weight excluding hydrogens is 440 g/mol. The monoisotopic (exact) mass is 466 g/mol. The molecule has 1 N–H and O–H groups in total. The van der Waals surface area contributed by atoms with Gasteiger partial charge in [-0.2, -0.15) is 11.8 Å². The fourth-order valence-electron chi connectivity index (χ4n) is 3.54. The number of sulfonamides is 1. The minimum absolute atomic E-state index is 0.133. The molecule has 2 aromatic carbocycles. The second-order valence-corrected chi connectivity index (χ2v) is 11.0. The number of thioether (sulfide) groups is 1. The van der Waals surface area contributed by atoms with Crippen LogP contribution in [0.2, 0.25) is 5.02 Å². The zero-order valence-corrected chi connectivity index (χ0v) is 19.4. The van der Waals surface area contributed by atoms with Crippen molar-refractivity contribution in [3.8, 4) is 0 Å². The second-order valence-electron chi connectivity index (χ2n) is 7.34. The van der Waals surface area contributed by atoms with Crippen molar-refractivity contribution >= 4 is 45.0 Å². The third-order valence-electron chi connectivity index (χ3n) is 5.21. The van der Waals surface area contributed by atoms with E-state index in [9.17, 15) is 13.2 Å². The summed E-state index contributed by atoms with van der Waals surface area (Å²) in [6.45, 7) is 1.97. The lowest BCUT2D eigenvalue weighted by atomic mass is 10.2. The molecule has 0 aromatic heterocycles. The van der Waals surface area contributed by atoms with Crippen LogP contribution in [0, 0.1) is 6.92 Å². The zero-order valence-electron chi connectivity index (χ0n) is 17.0. The number of hydrogen-bond donors (Lipinski definition) is 1. The molecule has 0 heterocycles. The minimum atomic E-state index is -3.92. The number of halogens is 1. The van der Waals surface area contributed by atoms with Gasteiger partial charge in [-0.15, -0.1) is 0 Å². The Morgan fingerprint density at radius 1 is 1.13 bits per heavy atom. The molecule has 30 heavy (non-hydrogen) atoms. The predicted octanol–water partition coefficient (Wildman–Crippen LogP) is 4.64. The number of carbonyl (C=O) groups excluding carboxylic acids is 1. The number of hydrogen-bond acceptors (Lipinski definition) is 4. The highest BCUT2D eigenvalue weighted by Crippen LogP contribution is 2.31. The highest BCUT2D eigenvalue weighted by Gasteiger charge is 2.28. The largest absolute Gasteiger partial charge is 0.354 e. The third-order valence-corrected chi connectivity index (χ3v) is 8.77. The molecule has 1 amide bonds. The van der Waals surface area contributed by atoms with Gasteiger partial charge < -0.3 is 5.32 Å². The van der Waals surface area contributed by atoms with Crippen LogP contribution in [0.25, 0.3) is 0 Å². The van der Waals surface area contributed by atoms with Gasteiger partial charge in [0.25, 0.3) is 10.0 Å². The summed E-state index contributed by atoms with van der Waals surface area (Å²) >= 11 is 8.11. The van der Waals surface area contributed by atoms with E-state index >= 15 is 0 Å². The molecule has 0 radical (unpaired) electrons. The van der Waals surface area contributed by atoms with Crippen molar-refractivity contribution in [2.45, 2.75) is 42.8 Å². The lowest BCUT2D eigenvalue weighted by Crippen LogP contribution is -2.41. The Labute approximate surface area is 188 Å². The summed E-state index contributed by atoms with van der Waals surface area (Å²) < 4.78 is 27.8. The molecule has 0 saturated heterocycles. The van der Waals surface area contributed by atoms with E-state index in [1.807, 2.05) is 11.8 Å². The first kappa shape index (κ1) is 23.0. The molecule has 0 unspecified atom stereocenters. The molecule has 5 nitrogen and oxygen atoms in total. The fraction of sp³-hybridized carbons (Fsp3) is 0.409. The molecule has 1 saturated carbocycles. The van der Waals surface area contributed by atoms with Crippen LogP contribution in [0.1, 0.15) is 31.2 Å². The van der Waals surface area contributed by atoms with Crippen molar-refractivity contribution in [1.29, 1.82) is 0 Å². The van der Waals surface area contributed by atoms with E-state index in [0.717, 1.165) is 10.1 Å². The molecule has 2 aromatic rings. The third kappa shape index (κ3) is 5.71. The van der Waals surface area contributed by atoms with E-state index in [0.29, 0.717) is 28.1 Å². The Kier molecular flexibility index (Phi) is 8.08. The Balaban J connectivity index is 1.74. The normalized spacial score (nSPS) is 14.6. The van der Waals surface area contributed by atoms with Crippen LogP contribution in [0.5, 0.6) is 0 Å². The molecule has 0 atom stereocenters. The summed E-state index contributed by atoms with van der Waals surface area (Å²) in [5.41, 5.74) is 1.02. The summed E-state index contributed by atoms with van der Waals surface area (Å²) in [7, 11) is -3.92. The van der Waals surface area contributed by atoms with Gasteiger partial charge in [0, 0.05) is 22.6 Å². The Morgan fingerprint density at radius 2 is 1.83 bits per heavy atom. The Morgan fingerprint density at radius 3 is 2.53 bits per heavy atom. The van der Waals surface area contributed by atoms with Gasteiger partial charge in [0.2, 0.25) is 5.91 Å². The minimum Gasteiger partial charge on any atom is -0.354 e. The molecular formula is C22H27ClN2O3S2. The Hall–Kier alpha value is -1.70. The highest BCUT2D eigenvalue weighted by molar-refractivity contribution is 7.99. The smallest absolute Gasteiger partial charge is 0.264 e. The maximum Gasteiger partial charge on any atom is 0.264 e. The van der Waals surface area contributed by atoms with Crippen molar-refractivity contribution in [2.75, 3.05) is 23.1 Å². The summed E-state index contributed by atoms with van der Waals surface area (Å²) in [5.74, 6) is 0.499. The Bertz CT molecular complexity index is 962. The van der Waals surface area contributed by atoms with E-state index < -0.39 is 10.0 Å². The number of amides is 1. The van der Waals surface area contributed by atoms with E-state index in [1.165, 1.54) is 37.8 Å². The molecule has 0 bridgehead atoms. The molecule has 0 aliphatic heterocycles. The lowest BCUT2D eigenvalue weighted by Gasteiger charge is -2.26. The average molecular weight is 467 g/mol. The summed E-state index contributed by atoms with van der Waals surface area (Å²) in [6.07, 6.45) is 5.07. The number of nitrogens with zero attached hydrogens (tertiary/aromatic N) is 1. The quantitative estimate of drug-likeness (QED) is 0.547. The van der Waals surface area contributed by atoms with Gasteiger partial charge in [-0.1, -0.05) is 48.7 Å². The molecule has 162 valence electrons. The van der Waals surface area contributed by atoms with Crippen LogP contribution in [-0.2, 0) is 14.8 Å². The number of benzene rings is 2. The van der Waals surface area contributed by atoms with E-state index in [4.69, 9.17) is 11.6 Å². The van der Waals surface area contributed by atoms with Crippen molar-refractivity contribution in [3.63, 3.8) is 0 Å². The first-order valence-corrected chi connectivity index (χ1v) is 13.0. The molecule has 1 aliphatic carbocycles. The van der Waals surface area contributed by atoms with E-state index in [2.05, 4.69) is 5.32 Å². The van der Waals surface area contributed by atoms with Crippen LogP contribution in [0.4, 0.5) is 5.69 Å². The summed E-state index contributed by atoms with van der Waals surface area (Å²) in [6, 6.07) is 13.2. The van der Waals surface area contributed by atoms with Gasteiger partial charge in [-0.3, -0.25) is 9.10 Å². The van der Waals surface area contributed by atoms with Crippen LogP contribution in [0.15, 0.2) is 53.4 Å². The number of nitrogens with one attached hydrogen (secondary N) is 1. The summed E-state index contributed by atoms with van der Waals surface area (Å²) in [4.78, 5) is 12.8. The van der Waals surface area contributed by atoms with Crippen molar-refractivity contribution < 1.29 is 13.2 Å². The van der Waals surface area contributed by atoms with Gasteiger partial charge in [0.15, 0.2) is 0 Å². The predicted molar refractivity (Wildman–Crippen MR) is 125 cm³/mol. The van der Waals surface area contributed by atoms with Gasteiger partial charge in [0.05, 0.1) is 10.6 Å². The molecule has 0 spiro atoms. The van der Waals surface area contributed by atoms with Crippen LogP contribution < -0.4 is 9.62 Å². The topological polar surface area (TPSA) is 66.5 Å². The van der Waals surface area contributed by atoms with Crippen molar-refractivity contribution in [1.82, 2.24) is 5.32 Å². The van der Waals surface area contributed by atoms with Crippen molar-refractivity contribution in [2.24, 2.45) is 0 Å². The first-order chi connectivity index (χ1) is 14.4. The van der Waals surface area contributed by atoms with Crippen LogP contribution >= 0.6 is 23.4 Å². The maximum absolute atomic E-state index is 13.3. The molecule has 3 rings (SSSR count). The standard InChI is InChI=1S/C22H27ClN2O3S2/c1-17-20(23)12-7-13-21(17)25(30(27,28)19-10-3-2-4-11-19)16-22(26)24-14-15-29-18-8-5-6-9-18/h2-4,7,10-13,18H,5-6,8-9,14-16H2,1H3,(H,24,26). The SMILES string of the molecule is Cc1c(Cl)cccc1N(CC(=O)NCCSC1CCCC1)S(=O)(=O)c1ccccc1. The lowest BCUT2D eigenvalue weighted by molar-refractivity contribution is -0.119. The number of anilines is 1. The van der Waals surface area contributed by atoms with E-state index in [1.54, 1.807) is 43.3 Å². The van der Waals surface area contributed by atoms with Gasteiger partial charge in [0.1, 0.15) is 6.54 Å². The average Bonchev–Trinajstić information content (AvgIpc) is 3.26. The number of rotatable bonds is 9.